The fraction of sp³-hybridized carbons (Fsp3) is 1.00. The van der Waals surface area contributed by atoms with Crippen molar-refractivity contribution < 1.29 is 0 Å². The van der Waals surface area contributed by atoms with Crippen molar-refractivity contribution in [3.63, 3.8) is 0 Å². The van der Waals surface area contributed by atoms with E-state index in [9.17, 15) is 0 Å². The van der Waals surface area contributed by atoms with Gasteiger partial charge in [-0.2, -0.15) is 0 Å². The molecule has 0 atom stereocenters. The number of rotatable bonds is 8. The first-order valence-electron chi connectivity index (χ1n) is 17.3. The summed E-state index contributed by atoms with van der Waals surface area (Å²) in [6.45, 7) is 54.4. The van der Waals surface area contributed by atoms with E-state index in [1.54, 1.807) is 0 Å². The normalized spacial score (nSPS) is 10.4. The van der Waals surface area contributed by atoms with Gasteiger partial charge in [0.15, 0.2) is 0 Å². The third-order valence-corrected chi connectivity index (χ3v) is 13.9. The molecule has 0 aromatic carbocycles. The van der Waals surface area contributed by atoms with E-state index in [2.05, 4.69) is 232 Å². The van der Waals surface area contributed by atoms with Gasteiger partial charge in [0.2, 0.25) is 0 Å². The van der Waals surface area contributed by atoms with Gasteiger partial charge >= 0.3 is 351 Å². The molecule has 0 aromatic heterocycles. The Balaban J connectivity index is -0.0000000569. The van der Waals surface area contributed by atoms with E-state index in [4.69, 9.17) is 0 Å². The van der Waals surface area contributed by atoms with Crippen LogP contribution in [0.3, 0.4) is 0 Å². The molecule has 0 aliphatic carbocycles. The van der Waals surface area contributed by atoms with Crippen LogP contribution in [0, 0.1) is 0 Å². The molecular weight excluding hydrogens is 1010 g/mol. The molecule has 0 aromatic rings. The zero-order valence-corrected chi connectivity index (χ0v) is 51.7. The molecule has 8 heteroatoms. The quantitative estimate of drug-likeness (QED) is 0.213. The van der Waals surface area contributed by atoms with Crippen LogP contribution < -0.4 is 0 Å². The van der Waals surface area contributed by atoms with Crippen molar-refractivity contribution in [1.29, 1.82) is 0 Å². The van der Waals surface area contributed by atoms with Crippen LogP contribution in [0.4, 0.5) is 0 Å². The summed E-state index contributed by atoms with van der Waals surface area (Å²) in [6, 6.07) is 0. The van der Waals surface area contributed by atoms with Crippen LogP contribution in [-0.4, -0.2) is 128 Å². The van der Waals surface area contributed by atoms with E-state index in [1.807, 2.05) is 0 Å². The predicted octanol–water partition coefficient (Wildman–Crippen LogP) is 13.3. The van der Waals surface area contributed by atoms with Crippen LogP contribution in [0.5, 0.6) is 0 Å². The fourth-order valence-corrected chi connectivity index (χ4v) is 13.9. The molecule has 0 fully saturated rings. The van der Waals surface area contributed by atoms with Crippen molar-refractivity contribution in [2.24, 2.45) is 0 Å². The van der Waals surface area contributed by atoms with Crippen LogP contribution in [-0.2, 0) is 0 Å². The van der Waals surface area contributed by atoms with Crippen molar-refractivity contribution in [2.45, 2.75) is 223 Å². The summed E-state index contributed by atoms with van der Waals surface area (Å²) < 4.78 is 11.3. The average Bonchev–Trinajstić information content (AvgIpc) is 2.62. The van der Waals surface area contributed by atoms with Crippen LogP contribution in [0.2, 0.25) is 57.0 Å². The summed E-state index contributed by atoms with van der Waals surface area (Å²) in [5.74, 6) is 0. The van der Waals surface area contributed by atoms with Crippen molar-refractivity contribution >= 4 is 128 Å². The van der Waals surface area contributed by atoms with Crippen LogP contribution in [0.15, 0.2) is 0 Å². The molecule has 0 saturated heterocycles. The predicted molar refractivity (Wildman–Crippen MR) is 227 cm³/mol. The van der Waals surface area contributed by atoms with Gasteiger partial charge in [0.1, 0.15) is 0 Å². The molecule has 0 unspecified atom stereocenters. The Morgan fingerprint density at radius 1 is 0.205 bits per heavy atom. The van der Waals surface area contributed by atoms with Crippen LogP contribution in [0.25, 0.3) is 0 Å². The molecule has 0 amide bonds. The summed E-state index contributed by atoms with van der Waals surface area (Å²) in [7, 11) is 0. The van der Waals surface area contributed by atoms with Gasteiger partial charge in [-0.25, -0.2) is 0 Å². The summed E-state index contributed by atoms with van der Waals surface area (Å²) in [5.41, 5.74) is 0. The number of hydrogen-bond donors (Lipinski definition) is 0. The molecule has 0 spiro atoms. The van der Waals surface area contributed by atoms with E-state index in [1.165, 1.54) is 0 Å². The first kappa shape index (κ1) is 66.6. The molecule has 0 N–H and O–H groups in total. The second-order valence-electron chi connectivity index (χ2n) is 14.5. The zero-order chi connectivity index (χ0) is 37.8. The van der Waals surface area contributed by atoms with Gasteiger partial charge in [-0.1, -0.05) is 0 Å². The Morgan fingerprint density at radius 2 is 0.250 bits per heavy atom. The van der Waals surface area contributed by atoms with Gasteiger partial charge in [-0.15, -0.1) is 0 Å². The Labute approximate surface area is 346 Å². The van der Waals surface area contributed by atoms with Crippen LogP contribution in [0.1, 0.15) is 166 Å². The molecule has 0 rings (SSSR count). The Bertz CT molecular complexity index is 317. The van der Waals surface area contributed by atoms with Gasteiger partial charge in [-0.05, 0) is 0 Å². The minimum atomic E-state index is 0.389. The fourth-order valence-electron chi connectivity index (χ4n) is 2.67. The summed E-state index contributed by atoms with van der Waals surface area (Å²) in [5, 5.41) is 0. The molecule has 0 nitrogen and oxygen atoms in total. The van der Waals surface area contributed by atoms with E-state index in [-0.39, 0.29) is 0 Å². The molecule has 20 radical (unpaired) electrons. The Kier molecular flexibility index (Phi) is 78.2. The summed E-state index contributed by atoms with van der Waals surface area (Å²) >= 11 is 10.2. The first-order chi connectivity index (χ1) is 19.4. The van der Waals surface area contributed by atoms with Crippen molar-refractivity contribution in [3.8, 4) is 0 Å². The van der Waals surface area contributed by atoms with Crippen molar-refractivity contribution in [3.05, 3.63) is 0 Å². The minimum absolute atomic E-state index is 0.389. The van der Waals surface area contributed by atoms with E-state index >= 15 is 0 Å². The molecular formula is C36H84Ge8. The topological polar surface area (TPSA) is 0 Å². The summed E-state index contributed by atoms with van der Waals surface area (Å²) in [4.78, 5) is 0. The van der Waals surface area contributed by atoms with Crippen LogP contribution >= 0.6 is 0 Å². The summed E-state index contributed by atoms with van der Waals surface area (Å²) in [6.07, 6.45) is 0. The maximum absolute atomic E-state index is 2.32. The maximum atomic E-state index is 2.32. The second-order valence-corrected chi connectivity index (χ2v) is 46.4. The molecule has 0 aliphatic rings. The molecule has 0 aliphatic heterocycles. The van der Waals surface area contributed by atoms with E-state index in [0.29, 0.717) is 61.7 Å². The SMILES string of the molecule is C[CH](C)[Ge].C[CH](C)[Ge].C[CH](C)[Ge].C[CH](C)[Ge].C[CH](C)[Ge][CH](C)C.C[CH](C)[Ge][CH](C)C.C[CH](C)[Ge][CH](C)C.C[CH](C)[Ge][CH](C)C. The van der Waals surface area contributed by atoms with E-state index in [0.717, 1.165) is 57.0 Å². The Morgan fingerprint density at radius 3 is 0.250 bits per heavy atom. The van der Waals surface area contributed by atoms with Gasteiger partial charge < -0.3 is 0 Å². The second kappa shape index (κ2) is 51.7. The first-order valence-corrected chi connectivity index (χ1v) is 31.9. The van der Waals surface area contributed by atoms with E-state index < -0.39 is 0 Å². The van der Waals surface area contributed by atoms with Crippen molar-refractivity contribution in [1.82, 2.24) is 0 Å². The third kappa shape index (κ3) is 230. The molecule has 44 heavy (non-hydrogen) atoms. The van der Waals surface area contributed by atoms with Gasteiger partial charge in [0.25, 0.3) is 0 Å². The Hall–Kier alpha value is 4.34. The zero-order valence-electron chi connectivity index (χ0n) is 34.9. The molecule has 0 saturated carbocycles. The molecule has 260 valence electrons. The van der Waals surface area contributed by atoms with Gasteiger partial charge in [0.05, 0.1) is 0 Å². The number of hydrogen-bond acceptors (Lipinski definition) is 0. The van der Waals surface area contributed by atoms with Gasteiger partial charge in [0, 0.05) is 0 Å². The third-order valence-electron chi connectivity index (χ3n) is 2.67. The molecule has 0 bridgehead atoms. The van der Waals surface area contributed by atoms with Gasteiger partial charge in [-0.3, -0.25) is 0 Å². The van der Waals surface area contributed by atoms with Crippen molar-refractivity contribution in [2.75, 3.05) is 0 Å². The average molecular weight is 1100 g/mol. The monoisotopic (exact) mass is 1110 g/mol. The standard InChI is InChI=1S/4C6H14Ge.4C3H7Ge/c4*1-5(2)7-6(3)4;4*1-3(2)4/h4*5-6H,1-4H3;4*3H,1-2H3. The molecule has 0 heterocycles.